The van der Waals surface area contributed by atoms with E-state index in [2.05, 4.69) is 37.4 Å². The summed E-state index contributed by atoms with van der Waals surface area (Å²) in [5.41, 5.74) is 2.43. The van der Waals surface area contributed by atoms with E-state index in [-0.39, 0.29) is 16.4 Å². The van der Waals surface area contributed by atoms with E-state index in [1.165, 1.54) is 0 Å². The van der Waals surface area contributed by atoms with Crippen LogP contribution in [-0.2, 0) is 0 Å². The summed E-state index contributed by atoms with van der Waals surface area (Å²) in [5.74, 6) is 0. The first kappa shape index (κ1) is 19.5. The molecule has 0 fully saturated rings. The van der Waals surface area contributed by atoms with E-state index in [1.54, 1.807) is 0 Å². The van der Waals surface area contributed by atoms with Crippen LogP contribution in [0.5, 0.6) is 0 Å². The molecule has 2 aromatic rings. The summed E-state index contributed by atoms with van der Waals surface area (Å²) < 4.78 is 5.24. The van der Waals surface area contributed by atoms with Crippen LogP contribution in [0.25, 0.3) is 11.0 Å². The molecule has 5 heteroatoms. The molecule has 3 rings (SSSR count). The average molecular weight is 383 g/mol. The van der Waals surface area contributed by atoms with Gasteiger partial charge in [-0.2, -0.15) is 12.6 Å². The quantitative estimate of drug-likeness (QED) is 0.466. The molecule has 0 spiro atoms. The van der Waals surface area contributed by atoms with Gasteiger partial charge in [-0.25, -0.2) is 4.79 Å². The minimum absolute atomic E-state index is 0.133. The third kappa shape index (κ3) is 4.03. The molecule has 0 radical (unpaired) electrons. The lowest BCUT2D eigenvalue weighted by molar-refractivity contribution is 0.559. The summed E-state index contributed by atoms with van der Waals surface area (Å²) in [6, 6.07) is 7.72. The Balaban J connectivity index is 2.00. The Labute approximate surface area is 165 Å². The summed E-state index contributed by atoms with van der Waals surface area (Å²) in [4.78, 5) is 19.5. The normalized spacial score (nSPS) is 22.4. The van der Waals surface area contributed by atoms with E-state index in [4.69, 9.17) is 9.41 Å². The fourth-order valence-corrected chi connectivity index (χ4v) is 3.53. The number of thiol groups is 1. The van der Waals surface area contributed by atoms with Crippen LogP contribution in [-0.4, -0.2) is 29.6 Å². The highest BCUT2D eigenvalue weighted by atomic mass is 32.1. The smallest absolute Gasteiger partial charge is 0.345 e. The number of hydrogen-bond acceptors (Lipinski definition) is 5. The zero-order chi connectivity index (χ0) is 19.6. The summed E-state index contributed by atoms with van der Waals surface area (Å²) in [5, 5.41) is 0.891. The van der Waals surface area contributed by atoms with Gasteiger partial charge in [0.15, 0.2) is 0 Å². The van der Waals surface area contributed by atoms with Gasteiger partial charge in [0.1, 0.15) is 5.58 Å². The second-order valence-corrected chi connectivity index (χ2v) is 7.93. The van der Waals surface area contributed by atoms with E-state index in [0.29, 0.717) is 16.9 Å². The maximum Gasteiger partial charge on any atom is 0.345 e. The molecular formula is C22H26N2O2S. The Hall–Kier alpha value is -2.27. The first-order valence-electron chi connectivity index (χ1n) is 9.31. The van der Waals surface area contributed by atoms with Crippen molar-refractivity contribution in [2.45, 2.75) is 38.5 Å². The number of anilines is 1. The lowest BCUT2D eigenvalue weighted by Gasteiger charge is -2.27. The fourth-order valence-electron chi connectivity index (χ4n) is 3.30. The van der Waals surface area contributed by atoms with E-state index < -0.39 is 0 Å². The molecule has 1 aliphatic rings. The predicted molar refractivity (Wildman–Crippen MR) is 118 cm³/mol. The van der Waals surface area contributed by atoms with Crippen LogP contribution in [0.15, 0.2) is 62.8 Å². The summed E-state index contributed by atoms with van der Waals surface area (Å²) >= 11 is 4.68. The van der Waals surface area contributed by atoms with Crippen LogP contribution >= 0.6 is 12.6 Å². The predicted octanol–water partition coefficient (Wildman–Crippen LogP) is 4.63. The monoisotopic (exact) mass is 382 g/mol. The number of aliphatic imine (C=N–C) groups is 1. The van der Waals surface area contributed by atoms with Gasteiger partial charge in [-0.1, -0.05) is 24.3 Å². The van der Waals surface area contributed by atoms with Gasteiger partial charge in [0, 0.05) is 35.9 Å². The van der Waals surface area contributed by atoms with Crippen molar-refractivity contribution in [3.05, 3.63) is 64.6 Å². The van der Waals surface area contributed by atoms with Crippen molar-refractivity contribution in [2.75, 3.05) is 18.0 Å². The van der Waals surface area contributed by atoms with Crippen molar-refractivity contribution in [1.82, 2.24) is 0 Å². The summed E-state index contributed by atoms with van der Waals surface area (Å²) in [6.07, 6.45) is 7.92. The molecule has 0 saturated heterocycles. The van der Waals surface area contributed by atoms with Gasteiger partial charge < -0.3 is 9.32 Å². The van der Waals surface area contributed by atoms with Gasteiger partial charge in [-0.05, 0) is 45.9 Å². The minimum Gasteiger partial charge on any atom is -0.422 e. The zero-order valence-corrected chi connectivity index (χ0v) is 17.2. The molecule has 1 heterocycles. The van der Waals surface area contributed by atoms with Crippen molar-refractivity contribution in [3.8, 4) is 0 Å². The Bertz CT molecular complexity index is 981. The second kappa shape index (κ2) is 7.77. The minimum atomic E-state index is -0.383. The Morgan fingerprint density at radius 3 is 2.67 bits per heavy atom. The molecule has 0 aliphatic heterocycles. The van der Waals surface area contributed by atoms with Gasteiger partial charge >= 0.3 is 5.63 Å². The van der Waals surface area contributed by atoms with E-state index in [9.17, 15) is 4.79 Å². The Morgan fingerprint density at radius 1 is 1.26 bits per heavy atom. The van der Waals surface area contributed by atoms with Crippen LogP contribution in [0.3, 0.4) is 0 Å². The van der Waals surface area contributed by atoms with Crippen molar-refractivity contribution in [3.63, 3.8) is 0 Å². The zero-order valence-electron chi connectivity index (χ0n) is 16.3. The highest BCUT2D eigenvalue weighted by Gasteiger charge is 2.27. The highest BCUT2D eigenvalue weighted by molar-refractivity contribution is 7.82. The van der Waals surface area contributed by atoms with Crippen LogP contribution in [0.2, 0.25) is 0 Å². The molecule has 2 atom stereocenters. The molecule has 0 amide bonds. The molecule has 1 aromatic carbocycles. The first-order chi connectivity index (χ1) is 12.9. The van der Waals surface area contributed by atoms with E-state index in [0.717, 1.165) is 24.2 Å². The SMILES string of the molecule is CCN(CC)c1ccc2cc(C(C)=NC3C=CC=CC3(C)S)c(=O)oc2c1. The molecule has 4 nitrogen and oxygen atoms in total. The van der Waals surface area contributed by atoms with Gasteiger partial charge in [0.2, 0.25) is 0 Å². The molecular weight excluding hydrogens is 356 g/mol. The highest BCUT2D eigenvalue weighted by Crippen LogP contribution is 2.28. The lowest BCUT2D eigenvalue weighted by Crippen LogP contribution is -2.31. The van der Waals surface area contributed by atoms with Crippen molar-refractivity contribution in [1.29, 1.82) is 0 Å². The number of fused-ring (bicyclic) bond motifs is 1. The topological polar surface area (TPSA) is 45.8 Å². The van der Waals surface area contributed by atoms with E-state index >= 15 is 0 Å². The molecule has 0 saturated carbocycles. The van der Waals surface area contributed by atoms with Crippen LogP contribution < -0.4 is 10.5 Å². The Morgan fingerprint density at radius 2 is 2.00 bits per heavy atom. The number of benzene rings is 1. The molecule has 1 aliphatic carbocycles. The second-order valence-electron chi connectivity index (χ2n) is 6.97. The summed E-state index contributed by atoms with van der Waals surface area (Å²) in [7, 11) is 0. The lowest BCUT2D eigenvalue weighted by atomic mass is 9.96. The van der Waals surface area contributed by atoms with Gasteiger partial charge in [-0.15, -0.1) is 0 Å². The van der Waals surface area contributed by atoms with Crippen molar-refractivity contribution in [2.24, 2.45) is 4.99 Å². The van der Waals surface area contributed by atoms with Crippen LogP contribution in [0.1, 0.15) is 33.3 Å². The van der Waals surface area contributed by atoms with Crippen molar-refractivity contribution < 1.29 is 4.42 Å². The van der Waals surface area contributed by atoms with Gasteiger partial charge in [0.05, 0.1) is 16.4 Å². The largest absolute Gasteiger partial charge is 0.422 e. The van der Waals surface area contributed by atoms with Gasteiger partial charge in [0.25, 0.3) is 0 Å². The average Bonchev–Trinajstić information content (AvgIpc) is 2.63. The molecule has 142 valence electrons. The molecule has 27 heavy (non-hydrogen) atoms. The maximum atomic E-state index is 12.6. The number of hydrogen-bond donors (Lipinski definition) is 1. The molecule has 1 aromatic heterocycles. The Kier molecular flexibility index (Phi) is 5.61. The molecule has 0 bridgehead atoms. The number of nitrogens with zero attached hydrogens (tertiary/aromatic N) is 2. The summed E-state index contributed by atoms with van der Waals surface area (Å²) in [6.45, 7) is 9.88. The molecule has 2 unspecified atom stereocenters. The standard InChI is InChI=1S/C22H26N2O2S/c1-5-24(6-2)17-11-10-16-13-18(21(25)26-19(16)14-17)15(3)23-20-9-7-8-12-22(20,4)27/h7-14,20,27H,5-6H2,1-4H3. The first-order valence-corrected chi connectivity index (χ1v) is 9.76. The fraction of sp³-hybridized carbons (Fsp3) is 0.364. The third-order valence-electron chi connectivity index (χ3n) is 5.01. The van der Waals surface area contributed by atoms with Gasteiger partial charge in [-0.3, -0.25) is 4.99 Å². The van der Waals surface area contributed by atoms with E-state index in [1.807, 2.05) is 56.4 Å². The maximum absolute atomic E-state index is 12.6. The van der Waals surface area contributed by atoms with Crippen molar-refractivity contribution >= 4 is 35.0 Å². The third-order valence-corrected chi connectivity index (χ3v) is 5.42. The van der Waals surface area contributed by atoms with Crippen LogP contribution in [0.4, 0.5) is 5.69 Å². The number of allylic oxidation sites excluding steroid dienone is 2. The molecule has 0 N–H and O–H groups in total. The number of rotatable bonds is 5. The van der Waals surface area contributed by atoms with Crippen LogP contribution in [0, 0.1) is 0 Å².